The molecule has 0 saturated carbocycles. The summed E-state index contributed by atoms with van der Waals surface area (Å²) in [6.45, 7) is 11.3. The second kappa shape index (κ2) is 19.2. The molecule has 0 amide bonds. The Morgan fingerprint density at radius 3 is 1.98 bits per heavy atom. The van der Waals surface area contributed by atoms with Gasteiger partial charge in [-0.1, -0.05) is 76.6 Å². The quantitative estimate of drug-likeness (QED) is 0.0636. The standard InChI is InChI=1S/C49H52BrN5O6/c1-30(2)54-44-20-18-39(50)26-41(44)43(52-54)29-61-49-32(4)11-7-16-38(49)25-47(58)59-21-9-12-33(5)55-45-19-17-36(35-14-8-13-34(22-35)27-51)23-40(45)42(53-55)28-60-48-31(3)10-6-15-37(48)24-46(56)57/h6-8,10-11,13-20,22-23,26,30,33H,9,12,21,24-25,27-29,51H2,1-5H3,(H,56,57). The number of rotatable bonds is 18. The van der Waals surface area contributed by atoms with Crippen LogP contribution in [-0.4, -0.2) is 43.2 Å². The Labute approximate surface area is 364 Å². The predicted octanol–water partition coefficient (Wildman–Crippen LogP) is 10.4. The van der Waals surface area contributed by atoms with Gasteiger partial charge in [0.1, 0.15) is 36.1 Å². The predicted molar refractivity (Wildman–Crippen MR) is 242 cm³/mol. The minimum Gasteiger partial charge on any atom is -0.487 e. The Bertz CT molecular complexity index is 2700. The van der Waals surface area contributed by atoms with Gasteiger partial charge in [0, 0.05) is 45.0 Å². The topological polar surface area (TPSA) is 144 Å². The Kier molecular flexibility index (Phi) is 13.5. The number of carbonyl (C=O) groups excluding carboxylic acids is 1. The van der Waals surface area contributed by atoms with Gasteiger partial charge in [-0.05, 0) is 112 Å². The lowest BCUT2D eigenvalue weighted by molar-refractivity contribution is -0.143. The first-order chi connectivity index (χ1) is 29.4. The van der Waals surface area contributed by atoms with E-state index in [9.17, 15) is 14.7 Å². The second-order valence-corrected chi connectivity index (χ2v) is 16.8. The molecule has 0 aliphatic carbocycles. The highest BCUT2D eigenvalue weighted by molar-refractivity contribution is 9.10. The molecule has 0 aliphatic rings. The van der Waals surface area contributed by atoms with E-state index < -0.39 is 5.97 Å². The van der Waals surface area contributed by atoms with Gasteiger partial charge < -0.3 is 25.1 Å². The van der Waals surface area contributed by atoms with Gasteiger partial charge >= 0.3 is 11.9 Å². The molecule has 61 heavy (non-hydrogen) atoms. The van der Waals surface area contributed by atoms with E-state index in [1.807, 2.05) is 71.7 Å². The minimum absolute atomic E-state index is 0.0324. The van der Waals surface area contributed by atoms with Crippen LogP contribution in [-0.2, 0) is 46.9 Å². The Morgan fingerprint density at radius 1 is 0.738 bits per heavy atom. The number of hydrogen-bond donors (Lipinski definition) is 2. The van der Waals surface area contributed by atoms with Crippen LogP contribution in [0.15, 0.2) is 102 Å². The number of nitrogens with zero attached hydrogens (tertiary/aromatic N) is 4. The van der Waals surface area contributed by atoms with Crippen LogP contribution in [0.4, 0.5) is 0 Å². The summed E-state index contributed by atoms with van der Waals surface area (Å²) in [4.78, 5) is 24.9. The first kappa shape index (κ1) is 43.1. The van der Waals surface area contributed by atoms with E-state index in [2.05, 4.69) is 79.2 Å². The molecule has 7 rings (SSSR count). The summed E-state index contributed by atoms with van der Waals surface area (Å²) in [5.74, 6) is -0.0296. The van der Waals surface area contributed by atoms with Gasteiger partial charge in [0.05, 0.1) is 30.5 Å². The highest BCUT2D eigenvalue weighted by Gasteiger charge is 2.20. The van der Waals surface area contributed by atoms with Gasteiger partial charge in [0.25, 0.3) is 0 Å². The van der Waals surface area contributed by atoms with Crippen molar-refractivity contribution in [1.82, 2.24) is 19.6 Å². The zero-order chi connectivity index (χ0) is 43.2. The molecule has 1 atom stereocenters. The highest BCUT2D eigenvalue weighted by Crippen LogP contribution is 2.33. The van der Waals surface area contributed by atoms with Crippen molar-refractivity contribution in [2.24, 2.45) is 5.73 Å². The SMILES string of the molecule is Cc1cccc(CC(=O)O)c1OCc1nn(C(C)CCCOC(=O)Cc2cccc(C)c2OCc2nn(C(C)C)c3ccc(Br)cc23)c2ccc(-c3cccc(CN)c3)cc12. The Hall–Kier alpha value is -5.98. The van der Waals surface area contributed by atoms with Crippen LogP contribution >= 0.6 is 15.9 Å². The lowest BCUT2D eigenvalue weighted by atomic mass is 10.0. The number of nitrogens with two attached hydrogens (primary N) is 1. The minimum atomic E-state index is -0.924. The fourth-order valence-corrected chi connectivity index (χ4v) is 8.20. The number of aromatic nitrogens is 4. The maximum atomic E-state index is 13.2. The average molecular weight is 887 g/mol. The number of esters is 1. The summed E-state index contributed by atoms with van der Waals surface area (Å²) >= 11 is 3.60. The molecule has 0 radical (unpaired) electrons. The third-order valence-electron chi connectivity index (χ3n) is 10.9. The molecule has 0 spiro atoms. The van der Waals surface area contributed by atoms with Gasteiger partial charge in [-0.3, -0.25) is 19.0 Å². The monoisotopic (exact) mass is 885 g/mol. The van der Waals surface area contributed by atoms with E-state index in [0.29, 0.717) is 36.4 Å². The van der Waals surface area contributed by atoms with Gasteiger partial charge in [0.2, 0.25) is 0 Å². The molecular formula is C49H52BrN5O6. The lowest BCUT2D eigenvalue weighted by Crippen LogP contribution is -2.13. The third kappa shape index (κ3) is 9.98. The van der Waals surface area contributed by atoms with E-state index in [1.165, 1.54) is 0 Å². The van der Waals surface area contributed by atoms with Crippen molar-refractivity contribution >= 4 is 49.7 Å². The summed E-state index contributed by atoms with van der Waals surface area (Å²) < 4.78 is 23.5. The molecular weight excluding hydrogens is 834 g/mol. The van der Waals surface area contributed by atoms with Crippen molar-refractivity contribution in [3.63, 3.8) is 0 Å². The lowest BCUT2D eigenvalue weighted by Gasteiger charge is -2.15. The molecule has 0 bridgehead atoms. The number of aliphatic carboxylic acids is 1. The van der Waals surface area contributed by atoms with Crippen molar-refractivity contribution in [1.29, 1.82) is 0 Å². The van der Waals surface area contributed by atoms with Crippen LogP contribution in [0.1, 0.15) is 84.9 Å². The zero-order valence-corrected chi connectivity index (χ0v) is 36.9. The van der Waals surface area contributed by atoms with Crippen LogP contribution in [0.25, 0.3) is 32.9 Å². The van der Waals surface area contributed by atoms with Crippen LogP contribution in [0.2, 0.25) is 0 Å². The first-order valence-electron chi connectivity index (χ1n) is 20.7. The van der Waals surface area contributed by atoms with Gasteiger partial charge in [-0.25, -0.2) is 0 Å². The maximum Gasteiger partial charge on any atom is 0.310 e. The van der Waals surface area contributed by atoms with Gasteiger partial charge in [-0.2, -0.15) is 10.2 Å². The van der Waals surface area contributed by atoms with Crippen molar-refractivity contribution in [3.8, 4) is 22.6 Å². The summed E-state index contributed by atoms with van der Waals surface area (Å²) in [6, 6.07) is 32.1. The number of aryl methyl sites for hydroxylation is 2. The van der Waals surface area contributed by atoms with Crippen molar-refractivity contribution in [2.45, 2.75) is 92.1 Å². The average Bonchev–Trinajstić information content (AvgIpc) is 3.79. The van der Waals surface area contributed by atoms with E-state index in [-0.39, 0.29) is 50.7 Å². The third-order valence-corrected chi connectivity index (χ3v) is 11.4. The number of carbonyl (C=O) groups is 2. The van der Waals surface area contributed by atoms with Crippen LogP contribution in [0, 0.1) is 13.8 Å². The van der Waals surface area contributed by atoms with E-state index >= 15 is 0 Å². The first-order valence-corrected chi connectivity index (χ1v) is 21.5. The molecule has 7 aromatic rings. The van der Waals surface area contributed by atoms with Crippen molar-refractivity contribution in [3.05, 3.63) is 141 Å². The summed E-state index contributed by atoms with van der Waals surface area (Å²) in [5.41, 5.74) is 15.8. The molecule has 11 nitrogen and oxygen atoms in total. The normalized spacial score (nSPS) is 12.0. The molecule has 5 aromatic carbocycles. The molecule has 12 heteroatoms. The fraction of sp³-hybridized carbons (Fsp3) is 0.306. The smallest absolute Gasteiger partial charge is 0.310 e. The van der Waals surface area contributed by atoms with Crippen LogP contribution < -0.4 is 15.2 Å². The molecule has 0 saturated heterocycles. The molecule has 1 unspecified atom stereocenters. The molecule has 2 heterocycles. The number of ether oxygens (including phenoxy) is 3. The Balaban J connectivity index is 1.03. The van der Waals surface area contributed by atoms with Gasteiger partial charge in [-0.15, -0.1) is 0 Å². The van der Waals surface area contributed by atoms with E-state index in [4.69, 9.17) is 30.1 Å². The number of carboxylic acids is 1. The van der Waals surface area contributed by atoms with Crippen LogP contribution in [0.5, 0.6) is 11.5 Å². The number of para-hydroxylation sites is 2. The molecule has 316 valence electrons. The molecule has 2 aromatic heterocycles. The summed E-state index contributed by atoms with van der Waals surface area (Å²) in [5, 5.41) is 21.5. The van der Waals surface area contributed by atoms with Crippen molar-refractivity contribution < 1.29 is 28.9 Å². The number of halogens is 1. The number of benzene rings is 5. The number of carboxylic acid groups (broad SMARTS) is 1. The highest BCUT2D eigenvalue weighted by atomic mass is 79.9. The number of fused-ring (bicyclic) bond motifs is 2. The number of hydrogen-bond acceptors (Lipinski definition) is 8. The van der Waals surface area contributed by atoms with E-state index in [0.717, 1.165) is 71.0 Å². The van der Waals surface area contributed by atoms with Crippen LogP contribution in [0.3, 0.4) is 0 Å². The van der Waals surface area contributed by atoms with Crippen molar-refractivity contribution in [2.75, 3.05) is 6.61 Å². The fourth-order valence-electron chi connectivity index (χ4n) is 7.84. The molecule has 3 N–H and O–H groups in total. The van der Waals surface area contributed by atoms with Gasteiger partial charge in [0.15, 0.2) is 0 Å². The maximum absolute atomic E-state index is 13.2. The summed E-state index contributed by atoms with van der Waals surface area (Å²) in [6.07, 6.45) is 1.27. The second-order valence-electron chi connectivity index (χ2n) is 15.8. The Morgan fingerprint density at radius 2 is 1.33 bits per heavy atom. The molecule has 0 aliphatic heterocycles. The van der Waals surface area contributed by atoms with E-state index in [1.54, 1.807) is 6.07 Å². The molecule has 0 fully saturated rings. The summed E-state index contributed by atoms with van der Waals surface area (Å²) in [7, 11) is 0. The zero-order valence-electron chi connectivity index (χ0n) is 35.3. The largest absolute Gasteiger partial charge is 0.487 e.